The number of hydrogen-bond acceptors (Lipinski definition) is 1. The maximum Gasteiger partial charge on any atom is 0.149 e. The summed E-state index contributed by atoms with van der Waals surface area (Å²) in [6.45, 7) is 1.84. The molecule has 0 saturated heterocycles. The normalized spacial score (nSPS) is 10.7. The van der Waals surface area contributed by atoms with Crippen LogP contribution in [0.15, 0.2) is 28.7 Å². The minimum Gasteiger partial charge on any atom is -0.250 e. The van der Waals surface area contributed by atoms with Crippen molar-refractivity contribution in [1.82, 2.24) is 4.98 Å². The molecule has 1 nitrogen and oxygen atoms in total. The standard InChI is InChI=1S/C10H7BrFN/c1-6-5-8(11)7-3-2-4-9(12)10(7)13-6/h2-5H,1H3. The Bertz CT molecular complexity index is 468. The summed E-state index contributed by atoms with van der Waals surface area (Å²) in [6, 6.07) is 6.82. The average molecular weight is 240 g/mol. The van der Waals surface area contributed by atoms with Crippen molar-refractivity contribution in [2.75, 3.05) is 0 Å². The minimum atomic E-state index is -0.276. The molecule has 1 aromatic carbocycles. The first kappa shape index (κ1) is 8.63. The lowest BCUT2D eigenvalue weighted by Crippen LogP contribution is -1.88. The summed E-state index contributed by atoms with van der Waals surface area (Å²) in [5, 5.41) is 0.811. The van der Waals surface area contributed by atoms with E-state index in [1.165, 1.54) is 6.07 Å². The van der Waals surface area contributed by atoms with E-state index in [2.05, 4.69) is 20.9 Å². The molecule has 2 rings (SSSR count). The Kier molecular flexibility index (Phi) is 2.04. The molecular weight excluding hydrogens is 233 g/mol. The molecule has 0 fully saturated rings. The van der Waals surface area contributed by atoms with Crippen molar-refractivity contribution in [3.63, 3.8) is 0 Å². The molecule has 0 spiro atoms. The predicted octanol–water partition coefficient (Wildman–Crippen LogP) is 3.44. The van der Waals surface area contributed by atoms with Gasteiger partial charge in [0.05, 0.1) is 0 Å². The molecule has 13 heavy (non-hydrogen) atoms. The van der Waals surface area contributed by atoms with Gasteiger partial charge in [0.2, 0.25) is 0 Å². The summed E-state index contributed by atoms with van der Waals surface area (Å²) >= 11 is 3.38. The van der Waals surface area contributed by atoms with Crippen LogP contribution in [0.4, 0.5) is 4.39 Å². The lowest BCUT2D eigenvalue weighted by Gasteiger charge is -2.02. The van der Waals surface area contributed by atoms with Crippen LogP contribution in [0.25, 0.3) is 10.9 Å². The van der Waals surface area contributed by atoms with Crippen LogP contribution in [0.5, 0.6) is 0 Å². The molecule has 3 heteroatoms. The summed E-state index contributed by atoms with van der Waals surface area (Å²) in [7, 11) is 0. The van der Waals surface area contributed by atoms with E-state index in [1.807, 2.05) is 19.1 Å². The van der Waals surface area contributed by atoms with Crippen LogP contribution in [0, 0.1) is 12.7 Å². The van der Waals surface area contributed by atoms with Gasteiger partial charge in [-0.05, 0) is 19.1 Å². The highest BCUT2D eigenvalue weighted by Crippen LogP contribution is 2.24. The third kappa shape index (κ3) is 1.44. The Morgan fingerprint density at radius 2 is 2.15 bits per heavy atom. The fourth-order valence-electron chi connectivity index (χ4n) is 1.29. The molecule has 0 bridgehead atoms. The fourth-order valence-corrected chi connectivity index (χ4v) is 1.94. The van der Waals surface area contributed by atoms with Gasteiger partial charge in [-0.25, -0.2) is 9.37 Å². The second-order valence-corrected chi connectivity index (χ2v) is 3.74. The molecule has 1 aromatic heterocycles. The minimum absolute atomic E-state index is 0.276. The highest BCUT2D eigenvalue weighted by molar-refractivity contribution is 9.10. The van der Waals surface area contributed by atoms with Crippen LogP contribution >= 0.6 is 15.9 Å². The summed E-state index contributed by atoms with van der Waals surface area (Å²) in [4.78, 5) is 4.13. The Balaban J connectivity index is 2.94. The average Bonchev–Trinajstić information content (AvgIpc) is 2.07. The Morgan fingerprint density at radius 3 is 2.92 bits per heavy atom. The Hall–Kier alpha value is -0.960. The number of nitrogens with zero attached hydrogens (tertiary/aromatic N) is 1. The number of fused-ring (bicyclic) bond motifs is 1. The number of hydrogen-bond donors (Lipinski definition) is 0. The van der Waals surface area contributed by atoms with Crippen LogP contribution in [0.2, 0.25) is 0 Å². The van der Waals surface area contributed by atoms with Crippen LogP contribution < -0.4 is 0 Å². The second kappa shape index (κ2) is 3.07. The maximum absolute atomic E-state index is 13.3. The molecule has 0 aliphatic rings. The van der Waals surface area contributed by atoms with Crippen LogP contribution in [-0.2, 0) is 0 Å². The topological polar surface area (TPSA) is 12.9 Å². The van der Waals surface area contributed by atoms with Crippen LogP contribution in [0.1, 0.15) is 5.69 Å². The number of aryl methyl sites for hydroxylation is 1. The molecule has 0 atom stereocenters. The van der Waals surface area contributed by atoms with Crippen molar-refractivity contribution in [2.45, 2.75) is 6.92 Å². The molecule has 1 heterocycles. The van der Waals surface area contributed by atoms with E-state index in [9.17, 15) is 4.39 Å². The van der Waals surface area contributed by atoms with E-state index in [1.54, 1.807) is 6.07 Å². The van der Waals surface area contributed by atoms with Gasteiger partial charge in [0.15, 0.2) is 0 Å². The number of pyridine rings is 1. The van der Waals surface area contributed by atoms with E-state index in [4.69, 9.17) is 0 Å². The van der Waals surface area contributed by atoms with E-state index >= 15 is 0 Å². The van der Waals surface area contributed by atoms with Crippen molar-refractivity contribution < 1.29 is 4.39 Å². The highest BCUT2D eigenvalue weighted by Gasteiger charge is 2.04. The van der Waals surface area contributed by atoms with Gasteiger partial charge in [0, 0.05) is 15.6 Å². The zero-order chi connectivity index (χ0) is 9.42. The van der Waals surface area contributed by atoms with Gasteiger partial charge >= 0.3 is 0 Å². The SMILES string of the molecule is Cc1cc(Br)c2cccc(F)c2n1. The van der Waals surface area contributed by atoms with E-state index < -0.39 is 0 Å². The molecule has 0 radical (unpaired) electrons. The highest BCUT2D eigenvalue weighted by atomic mass is 79.9. The first-order chi connectivity index (χ1) is 6.18. The molecule has 2 aromatic rings. The number of benzene rings is 1. The smallest absolute Gasteiger partial charge is 0.149 e. The van der Waals surface area contributed by atoms with E-state index in [0.717, 1.165) is 15.6 Å². The molecule has 0 aliphatic carbocycles. The summed E-state index contributed by atoms with van der Waals surface area (Å²) in [6.07, 6.45) is 0. The van der Waals surface area contributed by atoms with Crippen LogP contribution in [-0.4, -0.2) is 4.98 Å². The number of rotatable bonds is 0. The fraction of sp³-hybridized carbons (Fsp3) is 0.100. The molecule has 66 valence electrons. The Labute approximate surface area is 83.7 Å². The lowest BCUT2D eigenvalue weighted by molar-refractivity contribution is 0.636. The monoisotopic (exact) mass is 239 g/mol. The first-order valence-electron chi connectivity index (χ1n) is 3.90. The molecule has 0 amide bonds. The van der Waals surface area contributed by atoms with Gasteiger partial charge in [0.1, 0.15) is 11.3 Å². The largest absolute Gasteiger partial charge is 0.250 e. The zero-order valence-corrected chi connectivity index (χ0v) is 8.60. The van der Waals surface area contributed by atoms with Crippen molar-refractivity contribution in [3.8, 4) is 0 Å². The third-order valence-electron chi connectivity index (χ3n) is 1.87. The van der Waals surface area contributed by atoms with Gasteiger partial charge < -0.3 is 0 Å². The Morgan fingerprint density at radius 1 is 1.38 bits per heavy atom. The molecule has 0 aliphatic heterocycles. The second-order valence-electron chi connectivity index (χ2n) is 2.88. The maximum atomic E-state index is 13.3. The molecule has 0 N–H and O–H groups in total. The predicted molar refractivity (Wildman–Crippen MR) is 54.1 cm³/mol. The zero-order valence-electron chi connectivity index (χ0n) is 7.01. The van der Waals surface area contributed by atoms with Crippen molar-refractivity contribution in [1.29, 1.82) is 0 Å². The van der Waals surface area contributed by atoms with Gasteiger partial charge in [-0.15, -0.1) is 0 Å². The lowest BCUT2D eigenvalue weighted by atomic mass is 10.2. The van der Waals surface area contributed by atoms with Crippen molar-refractivity contribution in [2.24, 2.45) is 0 Å². The van der Waals surface area contributed by atoms with Crippen LogP contribution in [0.3, 0.4) is 0 Å². The summed E-state index contributed by atoms with van der Waals surface area (Å²) < 4.78 is 14.1. The van der Waals surface area contributed by atoms with Crippen molar-refractivity contribution in [3.05, 3.63) is 40.2 Å². The quantitative estimate of drug-likeness (QED) is 0.687. The van der Waals surface area contributed by atoms with Gasteiger partial charge in [-0.2, -0.15) is 0 Å². The summed E-state index contributed by atoms with van der Waals surface area (Å²) in [5.41, 5.74) is 1.24. The van der Waals surface area contributed by atoms with E-state index in [0.29, 0.717) is 5.52 Å². The number of para-hydroxylation sites is 1. The van der Waals surface area contributed by atoms with E-state index in [-0.39, 0.29) is 5.82 Å². The first-order valence-corrected chi connectivity index (χ1v) is 4.69. The summed E-state index contributed by atoms with van der Waals surface area (Å²) in [5.74, 6) is -0.276. The third-order valence-corrected chi connectivity index (χ3v) is 2.52. The van der Waals surface area contributed by atoms with Gasteiger partial charge in [-0.3, -0.25) is 0 Å². The van der Waals surface area contributed by atoms with Crippen molar-refractivity contribution >= 4 is 26.8 Å². The number of aromatic nitrogens is 1. The van der Waals surface area contributed by atoms with Gasteiger partial charge in [-0.1, -0.05) is 28.1 Å². The molecular formula is C10H7BrFN. The molecule has 0 unspecified atom stereocenters. The molecule has 0 saturated carbocycles. The van der Waals surface area contributed by atoms with Gasteiger partial charge in [0.25, 0.3) is 0 Å². The number of halogens is 2.